The van der Waals surface area contributed by atoms with Gasteiger partial charge in [0, 0.05) is 17.6 Å². The monoisotopic (exact) mass is 269 g/mol. The van der Waals surface area contributed by atoms with Crippen LogP contribution in [0.2, 0.25) is 0 Å². The maximum absolute atomic E-state index is 10.9. The molecule has 1 aromatic rings. The van der Waals surface area contributed by atoms with Crippen LogP contribution in [0.25, 0.3) is 0 Å². The van der Waals surface area contributed by atoms with Gasteiger partial charge in [-0.15, -0.1) is 0 Å². The molecular formula is C11H12BrNO2. The second-order valence-corrected chi connectivity index (χ2v) is 4.82. The summed E-state index contributed by atoms with van der Waals surface area (Å²) in [6.45, 7) is 3.14. The van der Waals surface area contributed by atoms with Crippen molar-refractivity contribution in [3.05, 3.63) is 33.8 Å². The molecule has 1 atom stereocenters. The third kappa shape index (κ3) is 2.00. The number of fused-ring (bicyclic) bond motifs is 1. The van der Waals surface area contributed by atoms with Gasteiger partial charge in [0.25, 0.3) is 0 Å². The van der Waals surface area contributed by atoms with Crippen molar-refractivity contribution in [2.75, 3.05) is 6.54 Å². The maximum Gasteiger partial charge on any atom is 0.407 e. The zero-order valence-electron chi connectivity index (χ0n) is 8.40. The lowest BCUT2D eigenvalue weighted by Crippen LogP contribution is -2.36. The van der Waals surface area contributed by atoms with Gasteiger partial charge in [-0.1, -0.05) is 28.9 Å². The summed E-state index contributed by atoms with van der Waals surface area (Å²) in [6, 6.07) is 6.08. The Labute approximate surface area is 96.8 Å². The predicted octanol–water partition coefficient (Wildman–Crippen LogP) is 3.05. The van der Waals surface area contributed by atoms with Crippen LogP contribution in [0.4, 0.5) is 4.79 Å². The predicted molar refractivity (Wildman–Crippen MR) is 61.0 cm³/mol. The number of nitrogens with zero attached hydrogens (tertiary/aromatic N) is 1. The lowest BCUT2D eigenvalue weighted by Gasteiger charge is -2.31. The molecule has 0 radical (unpaired) electrons. The standard InChI is InChI=1S/C11H12BrNO2/c1-7-5-13(11(14)15)6-8-4-9(12)2-3-10(7)8/h2-4,7H,5-6H2,1H3,(H,14,15). The third-order valence-electron chi connectivity index (χ3n) is 2.76. The van der Waals surface area contributed by atoms with Crippen molar-refractivity contribution in [3.63, 3.8) is 0 Å². The van der Waals surface area contributed by atoms with Crippen molar-refractivity contribution in [1.82, 2.24) is 4.90 Å². The van der Waals surface area contributed by atoms with Gasteiger partial charge in [0.2, 0.25) is 0 Å². The zero-order chi connectivity index (χ0) is 11.0. The minimum absolute atomic E-state index is 0.276. The van der Waals surface area contributed by atoms with E-state index in [1.807, 2.05) is 12.1 Å². The number of halogens is 1. The normalized spacial score (nSPS) is 19.9. The Morgan fingerprint density at radius 1 is 1.60 bits per heavy atom. The summed E-state index contributed by atoms with van der Waals surface area (Å²) >= 11 is 3.40. The molecule has 0 saturated heterocycles. The van der Waals surface area contributed by atoms with Gasteiger partial charge in [-0.05, 0) is 29.2 Å². The van der Waals surface area contributed by atoms with Crippen LogP contribution < -0.4 is 0 Å². The van der Waals surface area contributed by atoms with Gasteiger partial charge < -0.3 is 10.0 Å². The highest BCUT2D eigenvalue weighted by atomic mass is 79.9. The Kier molecular flexibility index (Phi) is 2.69. The third-order valence-corrected chi connectivity index (χ3v) is 3.26. The van der Waals surface area contributed by atoms with E-state index in [1.165, 1.54) is 10.5 Å². The molecule has 3 nitrogen and oxygen atoms in total. The van der Waals surface area contributed by atoms with Crippen LogP contribution >= 0.6 is 15.9 Å². The van der Waals surface area contributed by atoms with E-state index in [9.17, 15) is 4.79 Å². The highest BCUT2D eigenvalue weighted by Gasteiger charge is 2.24. The van der Waals surface area contributed by atoms with Gasteiger partial charge in [-0.25, -0.2) is 4.79 Å². The molecule has 15 heavy (non-hydrogen) atoms. The van der Waals surface area contributed by atoms with Crippen molar-refractivity contribution in [2.24, 2.45) is 0 Å². The van der Waals surface area contributed by atoms with E-state index in [0.717, 1.165) is 10.0 Å². The second kappa shape index (κ2) is 3.85. The average molecular weight is 270 g/mol. The van der Waals surface area contributed by atoms with Crippen LogP contribution in [0.5, 0.6) is 0 Å². The molecule has 1 heterocycles. The topological polar surface area (TPSA) is 40.5 Å². The maximum atomic E-state index is 10.9. The number of carbonyl (C=O) groups is 1. The number of rotatable bonds is 0. The summed E-state index contributed by atoms with van der Waals surface area (Å²) in [6.07, 6.45) is -0.840. The summed E-state index contributed by atoms with van der Waals surface area (Å²) in [4.78, 5) is 12.4. The Bertz CT molecular complexity index is 406. The van der Waals surface area contributed by atoms with E-state index >= 15 is 0 Å². The molecule has 1 amide bonds. The molecule has 0 fully saturated rings. The quantitative estimate of drug-likeness (QED) is 0.787. The van der Waals surface area contributed by atoms with E-state index in [4.69, 9.17) is 5.11 Å². The van der Waals surface area contributed by atoms with Gasteiger partial charge in [-0.3, -0.25) is 0 Å². The minimum atomic E-state index is -0.840. The summed E-state index contributed by atoms with van der Waals surface area (Å²) < 4.78 is 1.00. The molecule has 80 valence electrons. The molecular weight excluding hydrogens is 258 g/mol. The Hall–Kier alpha value is -1.03. The molecule has 1 aromatic carbocycles. The first-order valence-corrected chi connectivity index (χ1v) is 5.63. The van der Waals surface area contributed by atoms with E-state index in [-0.39, 0.29) is 5.92 Å². The van der Waals surface area contributed by atoms with Gasteiger partial charge in [0.05, 0.1) is 0 Å². The van der Waals surface area contributed by atoms with Crippen LogP contribution in [0.15, 0.2) is 22.7 Å². The summed E-state index contributed by atoms with van der Waals surface area (Å²) in [5, 5.41) is 8.97. The molecule has 1 N–H and O–H groups in total. The highest BCUT2D eigenvalue weighted by molar-refractivity contribution is 9.10. The van der Waals surface area contributed by atoms with Gasteiger partial charge in [0.1, 0.15) is 0 Å². The molecule has 1 aliphatic rings. The first-order chi connectivity index (χ1) is 7.08. The summed E-state index contributed by atoms with van der Waals surface area (Å²) in [7, 11) is 0. The molecule has 0 bridgehead atoms. The number of hydrogen-bond acceptors (Lipinski definition) is 1. The number of amides is 1. The first kappa shape index (κ1) is 10.5. The van der Waals surface area contributed by atoms with E-state index < -0.39 is 6.09 Å². The van der Waals surface area contributed by atoms with Crippen molar-refractivity contribution in [3.8, 4) is 0 Å². The van der Waals surface area contributed by atoms with Crippen LogP contribution in [-0.2, 0) is 6.54 Å². The number of benzene rings is 1. The van der Waals surface area contributed by atoms with Gasteiger partial charge in [-0.2, -0.15) is 0 Å². The van der Waals surface area contributed by atoms with Crippen molar-refractivity contribution < 1.29 is 9.90 Å². The molecule has 1 unspecified atom stereocenters. The second-order valence-electron chi connectivity index (χ2n) is 3.91. The van der Waals surface area contributed by atoms with Crippen molar-refractivity contribution >= 4 is 22.0 Å². The highest BCUT2D eigenvalue weighted by Crippen LogP contribution is 2.29. The smallest absolute Gasteiger partial charge is 0.407 e. The molecule has 1 aliphatic heterocycles. The zero-order valence-corrected chi connectivity index (χ0v) is 9.99. The number of hydrogen-bond donors (Lipinski definition) is 1. The van der Waals surface area contributed by atoms with E-state index in [0.29, 0.717) is 13.1 Å². The van der Waals surface area contributed by atoms with Crippen LogP contribution in [0.1, 0.15) is 24.0 Å². The lowest BCUT2D eigenvalue weighted by atomic mass is 9.91. The molecule has 0 aromatic heterocycles. The Morgan fingerprint density at radius 2 is 2.33 bits per heavy atom. The Morgan fingerprint density at radius 3 is 3.00 bits per heavy atom. The molecule has 0 saturated carbocycles. The van der Waals surface area contributed by atoms with Crippen molar-refractivity contribution in [2.45, 2.75) is 19.4 Å². The fourth-order valence-electron chi connectivity index (χ4n) is 2.04. The first-order valence-electron chi connectivity index (χ1n) is 4.84. The van der Waals surface area contributed by atoms with Gasteiger partial charge >= 0.3 is 6.09 Å². The lowest BCUT2D eigenvalue weighted by molar-refractivity contribution is 0.136. The SMILES string of the molecule is CC1CN(C(=O)O)Cc2cc(Br)ccc21. The summed E-state index contributed by atoms with van der Waals surface area (Å²) in [5.41, 5.74) is 2.36. The van der Waals surface area contributed by atoms with Gasteiger partial charge in [0.15, 0.2) is 0 Å². The van der Waals surface area contributed by atoms with E-state index in [2.05, 4.69) is 28.9 Å². The number of carboxylic acid groups (broad SMARTS) is 1. The van der Waals surface area contributed by atoms with Crippen LogP contribution in [0, 0.1) is 0 Å². The molecule has 2 rings (SSSR count). The van der Waals surface area contributed by atoms with Crippen LogP contribution in [-0.4, -0.2) is 22.6 Å². The molecule has 4 heteroatoms. The fourth-order valence-corrected chi connectivity index (χ4v) is 2.45. The minimum Gasteiger partial charge on any atom is -0.465 e. The van der Waals surface area contributed by atoms with Crippen LogP contribution in [0.3, 0.4) is 0 Å². The largest absolute Gasteiger partial charge is 0.465 e. The molecule has 0 aliphatic carbocycles. The summed E-state index contributed by atoms with van der Waals surface area (Å²) in [5.74, 6) is 0.276. The molecule has 0 spiro atoms. The Balaban J connectivity index is 2.37. The average Bonchev–Trinajstić information content (AvgIpc) is 2.16. The van der Waals surface area contributed by atoms with E-state index in [1.54, 1.807) is 0 Å². The fraction of sp³-hybridized carbons (Fsp3) is 0.364. The van der Waals surface area contributed by atoms with Crippen molar-refractivity contribution in [1.29, 1.82) is 0 Å².